The predicted molar refractivity (Wildman–Crippen MR) is 54.9 cm³/mol. The number of rotatable bonds is 3. The van der Waals surface area contributed by atoms with Crippen LogP contribution in [-0.4, -0.2) is 0 Å². The standard InChI is InChI=1S/C8H18.C3H8/c1-5-6-8(4)7(2)3;1-3-2/h7-8H,5-6H2,1-4H3;3H2,1-2H3. The van der Waals surface area contributed by atoms with Crippen LogP contribution in [-0.2, 0) is 0 Å². The highest BCUT2D eigenvalue weighted by Gasteiger charge is 2.03. The van der Waals surface area contributed by atoms with Crippen LogP contribution in [0.4, 0.5) is 0 Å². The quantitative estimate of drug-likeness (QED) is 0.567. The van der Waals surface area contributed by atoms with Crippen LogP contribution in [0.15, 0.2) is 0 Å². The van der Waals surface area contributed by atoms with Crippen molar-refractivity contribution in [3.05, 3.63) is 0 Å². The van der Waals surface area contributed by atoms with Gasteiger partial charge in [0.1, 0.15) is 0 Å². The molecule has 0 saturated heterocycles. The molecule has 0 aromatic rings. The third kappa shape index (κ3) is 13.1. The van der Waals surface area contributed by atoms with E-state index in [1.165, 1.54) is 19.3 Å². The highest BCUT2D eigenvalue weighted by atomic mass is 14.1. The lowest BCUT2D eigenvalue weighted by atomic mass is 9.94. The molecule has 0 rings (SSSR count). The highest BCUT2D eigenvalue weighted by molar-refractivity contribution is 4.54. The van der Waals surface area contributed by atoms with Crippen LogP contribution in [0.2, 0.25) is 0 Å². The minimum Gasteiger partial charge on any atom is -0.0656 e. The number of hydrogen-bond donors (Lipinski definition) is 0. The normalized spacial score (nSPS) is 12.3. The van der Waals surface area contributed by atoms with Crippen LogP contribution < -0.4 is 0 Å². The van der Waals surface area contributed by atoms with E-state index in [4.69, 9.17) is 0 Å². The summed E-state index contributed by atoms with van der Waals surface area (Å²) in [7, 11) is 0. The first kappa shape index (κ1) is 13.6. The zero-order chi connectivity index (χ0) is 9.28. The average Bonchev–Trinajstić information content (AvgIpc) is 1.90. The summed E-state index contributed by atoms with van der Waals surface area (Å²) in [5.41, 5.74) is 0. The van der Waals surface area contributed by atoms with Crippen LogP contribution >= 0.6 is 0 Å². The van der Waals surface area contributed by atoms with Crippen LogP contribution in [0.3, 0.4) is 0 Å². The Hall–Kier alpha value is 0. The van der Waals surface area contributed by atoms with E-state index >= 15 is 0 Å². The van der Waals surface area contributed by atoms with Gasteiger partial charge in [0.25, 0.3) is 0 Å². The summed E-state index contributed by atoms with van der Waals surface area (Å²) in [6.45, 7) is 13.4. The lowest BCUT2D eigenvalue weighted by molar-refractivity contribution is 0.389. The van der Waals surface area contributed by atoms with Gasteiger partial charge in [0.15, 0.2) is 0 Å². The molecule has 1 unspecified atom stereocenters. The van der Waals surface area contributed by atoms with Gasteiger partial charge in [-0.15, -0.1) is 0 Å². The Balaban J connectivity index is 0. The maximum Gasteiger partial charge on any atom is -0.0420 e. The minimum absolute atomic E-state index is 0.870. The van der Waals surface area contributed by atoms with E-state index in [1.54, 1.807) is 0 Å². The summed E-state index contributed by atoms with van der Waals surface area (Å²) >= 11 is 0. The SMILES string of the molecule is CCC.CCCC(C)C(C)C. The average molecular weight is 158 g/mol. The van der Waals surface area contributed by atoms with E-state index in [0.717, 1.165) is 11.8 Å². The third-order valence-corrected chi connectivity index (χ3v) is 1.88. The summed E-state index contributed by atoms with van der Waals surface area (Å²) in [5.74, 6) is 1.79. The largest absolute Gasteiger partial charge is 0.0656 e. The molecule has 0 saturated carbocycles. The van der Waals surface area contributed by atoms with Gasteiger partial charge in [-0.1, -0.05) is 60.8 Å². The fourth-order valence-corrected chi connectivity index (χ4v) is 0.789. The van der Waals surface area contributed by atoms with E-state index in [9.17, 15) is 0 Å². The van der Waals surface area contributed by atoms with E-state index < -0.39 is 0 Å². The Kier molecular flexibility index (Phi) is 12.3. The first-order chi connectivity index (χ1) is 5.09. The van der Waals surface area contributed by atoms with Crippen LogP contribution in [0.5, 0.6) is 0 Å². The summed E-state index contributed by atoms with van der Waals surface area (Å²) in [6.07, 6.45) is 3.97. The second-order valence-corrected chi connectivity index (χ2v) is 3.72. The van der Waals surface area contributed by atoms with Crippen molar-refractivity contribution in [2.75, 3.05) is 0 Å². The van der Waals surface area contributed by atoms with Crippen molar-refractivity contribution in [1.82, 2.24) is 0 Å². The minimum atomic E-state index is 0.870. The monoisotopic (exact) mass is 158 g/mol. The highest BCUT2D eigenvalue weighted by Crippen LogP contribution is 2.14. The Labute approximate surface area is 73.4 Å². The van der Waals surface area contributed by atoms with Gasteiger partial charge in [-0.3, -0.25) is 0 Å². The van der Waals surface area contributed by atoms with Gasteiger partial charge >= 0.3 is 0 Å². The van der Waals surface area contributed by atoms with Gasteiger partial charge < -0.3 is 0 Å². The molecule has 0 N–H and O–H groups in total. The molecule has 0 aliphatic carbocycles. The van der Waals surface area contributed by atoms with Crippen LogP contribution in [0.1, 0.15) is 60.8 Å². The molecule has 0 radical (unpaired) electrons. The predicted octanol–water partition coefficient (Wildman–Crippen LogP) is 4.49. The van der Waals surface area contributed by atoms with E-state index in [-0.39, 0.29) is 0 Å². The molecule has 0 nitrogen and oxygen atoms in total. The topological polar surface area (TPSA) is 0 Å². The third-order valence-electron chi connectivity index (χ3n) is 1.88. The second kappa shape index (κ2) is 10.0. The molecule has 0 heterocycles. The van der Waals surface area contributed by atoms with Gasteiger partial charge in [0.2, 0.25) is 0 Å². The molecule has 0 aliphatic rings. The first-order valence-corrected chi connectivity index (χ1v) is 5.09. The summed E-state index contributed by atoms with van der Waals surface area (Å²) < 4.78 is 0. The summed E-state index contributed by atoms with van der Waals surface area (Å²) in [6, 6.07) is 0. The van der Waals surface area contributed by atoms with Gasteiger partial charge in [0, 0.05) is 0 Å². The van der Waals surface area contributed by atoms with E-state index in [1.807, 2.05) is 0 Å². The molecule has 0 heteroatoms. The zero-order valence-corrected chi connectivity index (χ0v) is 9.28. The Morgan fingerprint density at radius 1 is 0.909 bits per heavy atom. The van der Waals surface area contributed by atoms with Crippen molar-refractivity contribution in [2.24, 2.45) is 11.8 Å². The molecule has 0 spiro atoms. The molecule has 0 aromatic heterocycles. The van der Waals surface area contributed by atoms with Crippen LogP contribution in [0, 0.1) is 11.8 Å². The van der Waals surface area contributed by atoms with Crippen molar-refractivity contribution in [3.8, 4) is 0 Å². The van der Waals surface area contributed by atoms with Crippen LogP contribution in [0.25, 0.3) is 0 Å². The number of hydrogen-bond acceptors (Lipinski definition) is 0. The van der Waals surface area contributed by atoms with Crippen molar-refractivity contribution < 1.29 is 0 Å². The summed E-state index contributed by atoms with van der Waals surface area (Å²) in [4.78, 5) is 0. The van der Waals surface area contributed by atoms with Crippen molar-refractivity contribution in [1.29, 1.82) is 0 Å². The Morgan fingerprint density at radius 2 is 1.27 bits per heavy atom. The lowest BCUT2D eigenvalue weighted by Crippen LogP contribution is -2.02. The molecule has 1 atom stereocenters. The second-order valence-electron chi connectivity index (χ2n) is 3.72. The zero-order valence-electron chi connectivity index (χ0n) is 9.28. The molecule has 0 aromatic carbocycles. The molecular formula is C11H26. The van der Waals surface area contributed by atoms with Gasteiger partial charge in [-0.05, 0) is 11.8 Å². The fourth-order valence-electron chi connectivity index (χ4n) is 0.789. The van der Waals surface area contributed by atoms with Gasteiger partial charge in [-0.25, -0.2) is 0 Å². The van der Waals surface area contributed by atoms with Gasteiger partial charge in [-0.2, -0.15) is 0 Å². The van der Waals surface area contributed by atoms with E-state index in [0.29, 0.717) is 0 Å². The molecular weight excluding hydrogens is 132 g/mol. The van der Waals surface area contributed by atoms with Crippen molar-refractivity contribution >= 4 is 0 Å². The molecule has 0 aliphatic heterocycles. The Morgan fingerprint density at radius 3 is 1.36 bits per heavy atom. The molecule has 11 heavy (non-hydrogen) atoms. The van der Waals surface area contributed by atoms with Gasteiger partial charge in [0.05, 0.1) is 0 Å². The van der Waals surface area contributed by atoms with E-state index in [2.05, 4.69) is 41.5 Å². The molecule has 0 bridgehead atoms. The lowest BCUT2D eigenvalue weighted by Gasteiger charge is -2.12. The summed E-state index contributed by atoms with van der Waals surface area (Å²) in [5, 5.41) is 0. The molecule has 0 fully saturated rings. The maximum absolute atomic E-state index is 2.33. The fraction of sp³-hybridized carbons (Fsp3) is 1.00. The first-order valence-electron chi connectivity index (χ1n) is 5.09. The van der Waals surface area contributed by atoms with Crippen molar-refractivity contribution in [2.45, 2.75) is 60.8 Å². The molecule has 0 amide bonds. The van der Waals surface area contributed by atoms with Crippen molar-refractivity contribution in [3.63, 3.8) is 0 Å². The maximum atomic E-state index is 2.33. The smallest absolute Gasteiger partial charge is 0.0420 e. The molecule has 70 valence electrons. The Bertz CT molecular complexity index is 55.1.